The van der Waals surface area contributed by atoms with Gasteiger partial charge in [-0.15, -0.1) is 0 Å². The number of benzene rings is 1. The molecule has 8 nitrogen and oxygen atoms in total. The summed E-state index contributed by atoms with van der Waals surface area (Å²) in [6.45, 7) is 1.83. The Labute approximate surface area is 191 Å². The van der Waals surface area contributed by atoms with E-state index in [1.165, 1.54) is 24.6 Å². The molecule has 0 aliphatic heterocycles. The van der Waals surface area contributed by atoms with Crippen LogP contribution in [0.25, 0.3) is 10.4 Å². The zero-order valence-corrected chi connectivity index (χ0v) is 19.4. The number of ether oxygens (including phenoxy) is 1. The number of hydrogen-bond acceptors (Lipinski definition) is 7. The van der Waals surface area contributed by atoms with Gasteiger partial charge in [-0.3, -0.25) is 9.52 Å². The van der Waals surface area contributed by atoms with Gasteiger partial charge in [0, 0.05) is 12.1 Å². The minimum atomic E-state index is -3.95. The number of carbonyl (C=O) groups excluding carboxylic acids is 1. The minimum absolute atomic E-state index is 0.000332. The first-order valence-electron chi connectivity index (χ1n) is 10.3. The first kappa shape index (κ1) is 22.2. The van der Waals surface area contributed by atoms with Crippen molar-refractivity contribution in [2.45, 2.75) is 37.5 Å². The van der Waals surface area contributed by atoms with Crippen molar-refractivity contribution in [3.05, 3.63) is 48.3 Å². The number of nitrogens with zero attached hydrogens (tertiary/aromatic N) is 2. The Bertz CT molecular complexity index is 1220. The molecule has 32 heavy (non-hydrogen) atoms. The maximum absolute atomic E-state index is 13.0. The summed E-state index contributed by atoms with van der Waals surface area (Å²) in [4.78, 5) is 21.7. The Morgan fingerprint density at radius 2 is 1.97 bits per heavy atom. The number of nitrogens with one attached hydrogen (secondary N) is 2. The Balaban J connectivity index is 1.63. The van der Waals surface area contributed by atoms with Crippen LogP contribution in [0.1, 0.15) is 31.4 Å². The van der Waals surface area contributed by atoms with E-state index in [1.54, 1.807) is 36.4 Å². The molecule has 4 rings (SSSR count). The minimum Gasteiger partial charge on any atom is -0.495 e. The molecule has 0 unspecified atom stereocenters. The fourth-order valence-corrected chi connectivity index (χ4v) is 5.93. The average molecular weight is 473 g/mol. The van der Waals surface area contributed by atoms with Crippen molar-refractivity contribution in [1.82, 2.24) is 9.97 Å². The fraction of sp³-hybridized carbons (Fsp3) is 0.318. The molecule has 1 aliphatic rings. The molecule has 1 amide bonds. The summed E-state index contributed by atoms with van der Waals surface area (Å²) >= 11 is 1.33. The van der Waals surface area contributed by atoms with Gasteiger partial charge in [-0.2, -0.15) is 0 Å². The Kier molecular flexibility index (Phi) is 6.43. The van der Waals surface area contributed by atoms with Gasteiger partial charge in [0.2, 0.25) is 5.91 Å². The van der Waals surface area contributed by atoms with Gasteiger partial charge in [0.1, 0.15) is 16.5 Å². The van der Waals surface area contributed by atoms with E-state index in [1.807, 2.05) is 6.92 Å². The van der Waals surface area contributed by atoms with Crippen molar-refractivity contribution in [3.8, 4) is 16.2 Å². The highest BCUT2D eigenvalue weighted by molar-refractivity contribution is 7.92. The van der Waals surface area contributed by atoms with Crippen LogP contribution in [0.4, 0.5) is 10.9 Å². The van der Waals surface area contributed by atoms with Crippen LogP contribution in [-0.4, -0.2) is 31.4 Å². The van der Waals surface area contributed by atoms with Gasteiger partial charge in [-0.25, -0.2) is 18.4 Å². The molecule has 0 bridgehead atoms. The molecular weight excluding hydrogens is 448 g/mol. The third kappa shape index (κ3) is 4.76. The molecule has 2 heterocycles. The third-order valence-corrected chi connectivity index (χ3v) is 7.87. The lowest BCUT2D eigenvalue weighted by atomic mass is 10.1. The van der Waals surface area contributed by atoms with Crippen molar-refractivity contribution >= 4 is 38.2 Å². The lowest BCUT2D eigenvalue weighted by Gasteiger charge is -2.12. The smallest absolute Gasteiger partial charge is 0.266 e. The number of thiazole rings is 1. The van der Waals surface area contributed by atoms with Gasteiger partial charge >= 0.3 is 0 Å². The van der Waals surface area contributed by atoms with Crippen LogP contribution in [0.3, 0.4) is 0 Å². The van der Waals surface area contributed by atoms with Crippen molar-refractivity contribution in [1.29, 1.82) is 0 Å². The van der Waals surface area contributed by atoms with Gasteiger partial charge in [-0.05, 0) is 55.7 Å². The molecule has 2 aromatic heterocycles. The van der Waals surface area contributed by atoms with E-state index >= 15 is 0 Å². The van der Waals surface area contributed by atoms with Crippen LogP contribution in [0.5, 0.6) is 5.75 Å². The first-order valence-corrected chi connectivity index (χ1v) is 12.6. The van der Waals surface area contributed by atoms with Gasteiger partial charge < -0.3 is 10.1 Å². The van der Waals surface area contributed by atoms with Gasteiger partial charge in [0.25, 0.3) is 10.0 Å². The summed E-state index contributed by atoms with van der Waals surface area (Å²) in [6, 6.07) is 9.91. The van der Waals surface area contributed by atoms with Crippen molar-refractivity contribution in [2.24, 2.45) is 5.92 Å². The highest BCUT2D eigenvalue weighted by Crippen LogP contribution is 2.37. The van der Waals surface area contributed by atoms with E-state index < -0.39 is 10.0 Å². The lowest BCUT2D eigenvalue weighted by molar-refractivity contribution is -0.119. The molecule has 10 heteroatoms. The first-order chi connectivity index (χ1) is 15.4. The molecule has 1 fully saturated rings. The third-order valence-electron chi connectivity index (χ3n) is 5.37. The summed E-state index contributed by atoms with van der Waals surface area (Å²) in [5.41, 5.74) is 1.38. The number of hydrogen-bond donors (Lipinski definition) is 2. The zero-order chi connectivity index (χ0) is 22.7. The molecule has 1 aliphatic carbocycles. The fourth-order valence-electron chi connectivity index (χ4n) is 3.76. The normalized spacial score (nSPS) is 14.3. The van der Waals surface area contributed by atoms with Crippen LogP contribution in [0, 0.1) is 12.8 Å². The molecule has 0 spiro atoms. The van der Waals surface area contributed by atoms with Gasteiger partial charge in [0.05, 0.1) is 17.7 Å². The second-order valence-corrected chi connectivity index (χ2v) is 10.2. The van der Waals surface area contributed by atoms with Crippen molar-refractivity contribution in [3.63, 3.8) is 0 Å². The molecular formula is C22H24N4O4S2. The number of methoxy groups -OCH3 is 1. The highest BCUT2D eigenvalue weighted by Gasteiger charge is 2.25. The molecule has 0 atom stereocenters. The number of pyridine rings is 1. The van der Waals surface area contributed by atoms with Crippen LogP contribution in [-0.2, 0) is 14.8 Å². The summed E-state index contributed by atoms with van der Waals surface area (Å²) in [5, 5.41) is 3.43. The SMILES string of the molecule is COc1ccc(-c2sc(NC(=O)C3CCCC3)nc2C)cc1S(=O)(=O)Nc1ccccn1. The number of amides is 1. The number of rotatable bonds is 7. The van der Waals surface area contributed by atoms with E-state index in [2.05, 4.69) is 20.0 Å². The molecule has 2 N–H and O–H groups in total. The van der Waals surface area contributed by atoms with Crippen molar-refractivity contribution in [2.75, 3.05) is 17.1 Å². The average Bonchev–Trinajstić information content (AvgIpc) is 3.44. The molecule has 0 radical (unpaired) electrons. The van der Waals surface area contributed by atoms with E-state index in [-0.39, 0.29) is 28.3 Å². The van der Waals surface area contributed by atoms with Crippen LogP contribution in [0.15, 0.2) is 47.5 Å². The zero-order valence-electron chi connectivity index (χ0n) is 17.8. The van der Waals surface area contributed by atoms with Gasteiger partial charge in [-0.1, -0.05) is 30.2 Å². The molecule has 1 aromatic carbocycles. The van der Waals surface area contributed by atoms with Crippen molar-refractivity contribution < 1.29 is 17.9 Å². The maximum atomic E-state index is 13.0. The topological polar surface area (TPSA) is 110 Å². The molecule has 3 aromatic rings. The Morgan fingerprint density at radius 1 is 1.19 bits per heavy atom. The van der Waals surface area contributed by atoms with E-state index in [9.17, 15) is 13.2 Å². The number of aromatic nitrogens is 2. The van der Waals surface area contributed by atoms with Gasteiger partial charge in [0.15, 0.2) is 5.13 Å². The standard InChI is InChI=1S/C22H24N4O4S2/c1-14-20(31-22(24-14)25-21(27)15-7-3-4-8-15)16-10-11-17(30-2)18(13-16)32(28,29)26-19-9-5-6-12-23-19/h5-6,9-13,15H,3-4,7-8H2,1-2H3,(H,23,26)(H,24,25,27). The Hall–Kier alpha value is -2.98. The summed E-state index contributed by atoms with van der Waals surface area (Å²) in [6.07, 6.45) is 5.48. The highest BCUT2D eigenvalue weighted by atomic mass is 32.2. The van der Waals surface area contributed by atoms with E-state index in [4.69, 9.17) is 4.74 Å². The second-order valence-electron chi connectivity index (χ2n) is 7.59. The lowest BCUT2D eigenvalue weighted by Crippen LogP contribution is -2.20. The Morgan fingerprint density at radius 3 is 2.66 bits per heavy atom. The van der Waals surface area contributed by atoms with E-state index in [0.717, 1.165) is 30.6 Å². The summed E-state index contributed by atoms with van der Waals surface area (Å²) in [5.74, 6) is 0.471. The predicted octanol–water partition coefficient (Wildman–Crippen LogP) is 4.45. The number of anilines is 2. The van der Waals surface area contributed by atoms with Crippen LogP contribution in [0.2, 0.25) is 0 Å². The quantitative estimate of drug-likeness (QED) is 0.526. The predicted molar refractivity (Wildman–Crippen MR) is 124 cm³/mol. The van der Waals surface area contributed by atoms with E-state index in [0.29, 0.717) is 16.4 Å². The second kappa shape index (κ2) is 9.25. The number of carbonyl (C=O) groups is 1. The number of aryl methyl sites for hydroxylation is 1. The molecule has 0 saturated heterocycles. The molecule has 168 valence electrons. The largest absolute Gasteiger partial charge is 0.495 e. The maximum Gasteiger partial charge on any atom is 0.266 e. The summed E-state index contributed by atoms with van der Waals surface area (Å²) in [7, 11) is -2.53. The van der Waals surface area contributed by atoms with Crippen LogP contribution < -0.4 is 14.8 Å². The van der Waals surface area contributed by atoms with Crippen LogP contribution >= 0.6 is 11.3 Å². The number of sulfonamides is 1. The molecule has 1 saturated carbocycles. The summed E-state index contributed by atoms with van der Waals surface area (Å²) < 4.78 is 33.9. The monoisotopic (exact) mass is 472 g/mol.